The number of halogens is 2. The van der Waals surface area contributed by atoms with Crippen LogP contribution in [-0.4, -0.2) is 118 Å². The van der Waals surface area contributed by atoms with Crippen LogP contribution in [0.4, 0.5) is 0 Å². The smallest absolute Gasteiger partial charge is 0.343 e. The van der Waals surface area contributed by atoms with Gasteiger partial charge in [-0.25, -0.2) is 9.76 Å². The summed E-state index contributed by atoms with van der Waals surface area (Å²) in [7, 11) is -1.50. The fourth-order valence-corrected chi connectivity index (χ4v) is 9.58. The Labute approximate surface area is 310 Å². The van der Waals surface area contributed by atoms with Crippen LogP contribution in [0.5, 0.6) is 17.2 Å². The summed E-state index contributed by atoms with van der Waals surface area (Å²) < 4.78 is 36.2. The molecule has 6 rings (SSSR count). The van der Waals surface area contributed by atoms with Gasteiger partial charge in [0, 0.05) is 73.4 Å². The number of rotatable bonds is 9. The number of aliphatic hydroxyl groups excluding tert-OH is 1. The Balaban J connectivity index is 0.000000314. The second kappa shape index (κ2) is 16.4. The first kappa shape index (κ1) is 40.5. The highest BCUT2D eigenvalue weighted by Gasteiger charge is 2.49. The molecule has 15 nitrogen and oxygen atoms in total. The molecule has 7 atom stereocenters. The predicted molar refractivity (Wildman–Crippen MR) is 190 cm³/mol. The number of nitrogens with two attached hydrogens (primary N) is 1. The lowest BCUT2D eigenvalue weighted by Gasteiger charge is -2.42. The number of carbonyl (C=O) groups is 3. The first-order chi connectivity index (χ1) is 24.6. The molecule has 0 bridgehead atoms. The Morgan fingerprint density at radius 2 is 1.81 bits per heavy atom. The van der Waals surface area contributed by atoms with Crippen LogP contribution < -0.4 is 15.6 Å². The lowest BCUT2D eigenvalue weighted by Crippen LogP contribution is -2.52. The number of aromatic hydroxyl groups is 2. The maximum atomic E-state index is 13.6. The molecule has 7 N–H and O–H groups in total. The Bertz CT molecular complexity index is 1740. The molecule has 0 saturated carbocycles. The number of ketones is 3. The number of nitrogens with zero attached hydrogens (tertiary/aromatic N) is 1. The molecule has 0 spiro atoms. The zero-order valence-corrected chi connectivity index (χ0v) is 31.4. The average molecular weight is 789 g/mol. The number of carbonyl (C=O) groups excluding carboxylic acids is 3. The van der Waals surface area contributed by atoms with Gasteiger partial charge < -0.3 is 44.9 Å². The fourth-order valence-electron chi connectivity index (χ4n) is 6.94. The number of benzene rings is 2. The van der Waals surface area contributed by atoms with Gasteiger partial charge in [0.2, 0.25) is 5.78 Å². The molecule has 0 aromatic heterocycles. The van der Waals surface area contributed by atoms with E-state index in [0.717, 1.165) is 13.0 Å². The summed E-state index contributed by atoms with van der Waals surface area (Å²) in [5.41, 5.74) is 2.97. The van der Waals surface area contributed by atoms with E-state index < -0.39 is 90.3 Å². The van der Waals surface area contributed by atoms with E-state index in [2.05, 4.69) is 5.09 Å². The van der Waals surface area contributed by atoms with Gasteiger partial charge in [-0.2, -0.15) is 0 Å². The third kappa shape index (κ3) is 7.64. The number of ether oxygens (including phenoxy) is 3. The summed E-state index contributed by atoms with van der Waals surface area (Å²) in [6, 6.07) is 3.75. The zero-order chi connectivity index (χ0) is 38.1. The van der Waals surface area contributed by atoms with E-state index in [0.29, 0.717) is 31.5 Å². The maximum Gasteiger partial charge on any atom is 0.343 e. The number of alkyl halides is 2. The normalized spacial score (nSPS) is 29.8. The second-order valence-electron chi connectivity index (χ2n) is 13.1. The molecule has 2 aromatic rings. The van der Waals surface area contributed by atoms with E-state index in [9.17, 15) is 39.4 Å². The highest BCUT2D eigenvalue weighted by Crippen LogP contribution is 2.53. The zero-order valence-electron chi connectivity index (χ0n) is 29.0. The first-order valence-corrected chi connectivity index (χ1v) is 19.5. The number of Topliss-reactive ketones (excluding diaryl/α,β-unsaturated/α-hetero) is 1. The number of methoxy groups -OCH3 is 1. The van der Waals surface area contributed by atoms with Crippen LogP contribution in [0, 0.1) is 0 Å². The Hall–Kier alpha value is -2.66. The van der Waals surface area contributed by atoms with Gasteiger partial charge in [0.1, 0.15) is 22.8 Å². The van der Waals surface area contributed by atoms with Crippen molar-refractivity contribution in [1.82, 2.24) is 9.76 Å². The van der Waals surface area contributed by atoms with Crippen molar-refractivity contribution in [2.45, 2.75) is 75.8 Å². The van der Waals surface area contributed by atoms with E-state index in [1.165, 1.54) is 32.2 Å². The van der Waals surface area contributed by atoms with Crippen LogP contribution >= 0.6 is 30.9 Å². The molecule has 2 heterocycles. The van der Waals surface area contributed by atoms with Gasteiger partial charge in [-0.1, -0.05) is 12.1 Å². The number of aliphatic hydroxyl groups is 2. The van der Waals surface area contributed by atoms with Crippen molar-refractivity contribution in [2.24, 2.45) is 5.73 Å². The Kier molecular flexibility index (Phi) is 12.8. The largest absolute Gasteiger partial charge is 0.507 e. The highest BCUT2D eigenvalue weighted by atomic mass is 35.5. The van der Waals surface area contributed by atoms with Gasteiger partial charge in [-0.15, -0.1) is 23.2 Å². The van der Waals surface area contributed by atoms with Crippen molar-refractivity contribution < 1.29 is 58.1 Å². The molecule has 1 unspecified atom stereocenters. The molecular weight excluding hydrogens is 744 g/mol. The van der Waals surface area contributed by atoms with Gasteiger partial charge in [-0.3, -0.25) is 18.9 Å². The quantitative estimate of drug-likeness (QED) is 0.104. The van der Waals surface area contributed by atoms with Crippen molar-refractivity contribution in [3.63, 3.8) is 0 Å². The second-order valence-corrected chi connectivity index (χ2v) is 16.0. The molecule has 0 radical (unpaired) electrons. The van der Waals surface area contributed by atoms with Crippen LogP contribution in [0.3, 0.4) is 0 Å². The predicted octanol–water partition coefficient (Wildman–Crippen LogP) is 2.91. The van der Waals surface area contributed by atoms with Gasteiger partial charge >= 0.3 is 7.67 Å². The molecule has 2 saturated heterocycles. The van der Waals surface area contributed by atoms with Gasteiger partial charge in [0.15, 0.2) is 17.9 Å². The SMILES string of the molecule is COc1cccc2c1C(=O)c1c(O)c3c(c(O)c1C2=O)C[C@@](O)(C(C)=O)C[C@@H]3O[C@H]1C[C@H](N)[C@H](O)[C@H](C)O1.O=P1(N(CCCl)CCCl)NCCCO1. The van der Waals surface area contributed by atoms with E-state index >= 15 is 0 Å². The summed E-state index contributed by atoms with van der Waals surface area (Å²) in [6.07, 6.45) is -3.64. The van der Waals surface area contributed by atoms with Crippen molar-refractivity contribution >= 4 is 48.2 Å². The van der Waals surface area contributed by atoms with Crippen LogP contribution in [0.15, 0.2) is 18.2 Å². The minimum atomic E-state index is -2.84. The lowest BCUT2D eigenvalue weighted by molar-refractivity contribution is -0.247. The summed E-state index contributed by atoms with van der Waals surface area (Å²) in [5.74, 6) is -2.33. The van der Waals surface area contributed by atoms with E-state index in [1.807, 2.05) is 0 Å². The van der Waals surface area contributed by atoms with E-state index in [-0.39, 0.29) is 40.8 Å². The first-order valence-electron chi connectivity index (χ1n) is 16.8. The number of fused-ring (bicyclic) bond motifs is 3. The van der Waals surface area contributed by atoms with Crippen LogP contribution in [0.1, 0.15) is 82.2 Å². The van der Waals surface area contributed by atoms with Crippen molar-refractivity contribution in [2.75, 3.05) is 45.1 Å². The Morgan fingerprint density at radius 3 is 2.38 bits per heavy atom. The van der Waals surface area contributed by atoms with Crippen molar-refractivity contribution in [1.29, 1.82) is 0 Å². The molecule has 18 heteroatoms. The molecule has 2 aromatic carbocycles. The minimum absolute atomic E-state index is 0.0147. The molecule has 2 aliphatic heterocycles. The van der Waals surface area contributed by atoms with E-state index in [1.54, 1.807) is 11.6 Å². The third-order valence-corrected chi connectivity index (χ3v) is 12.4. The standard InChI is InChI=1S/C27H29NO10.C7H15Cl2N2O2P/c1-10-22(30)14(28)7-17(37-10)38-16-9-27(35,11(2)29)8-13-19(16)26(34)21-20(24(13)32)23(31)12-5-4-6-15(36-3)18(12)25(21)33;8-2-5-11(6-3-9)14(12)10-4-1-7-13-14/h4-6,10,14,16-17,22,30,32,34-35H,7-9,28H2,1-3H3;1-7H2,(H,10,12)/t10-,14-,16-,17-,22+,27-;/m0./s1. The van der Waals surface area contributed by atoms with Crippen molar-refractivity contribution in [3.05, 3.63) is 51.6 Å². The minimum Gasteiger partial charge on any atom is -0.507 e. The maximum absolute atomic E-state index is 13.6. The number of hydrogen-bond acceptors (Lipinski definition) is 13. The highest BCUT2D eigenvalue weighted by molar-refractivity contribution is 7.54. The molecule has 286 valence electrons. The van der Waals surface area contributed by atoms with Crippen LogP contribution in [0.2, 0.25) is 0 Å². The molecule has 2 aliphatic carbocycles. The summed E-state index contributed by atoms with van der Waals surface area (Å²) in [6.45, 7) is 5.09. The topological polar surface area (TPSA) is 227 Å². The number of phenols is 2. The third-order valence-electron chi connectivity index (χ3n) is 9.75. The van der Waals surface area contributed by atoms with Crippen LogP contribution in [-0.2, 0) is 29.8 Å². The molecule has 2 fully saturated rings. The van der Waals surface area contributed by atoms with Gasteiger partial charge in [0.05, 0.1) is 48.7 Å². The fraction of sp³-hybridized carbons (Fsp3) is 0.559. The lowest BCUT2D eigenvalue weighted by atomic mass is 9.72. The summed E-state index contributed by atoms with van der Waals surface area (Å²) in [4.78, 5) is 39.6. The summed E-state index contributed by atoms with van der Waals surface area (Å²) >= 11 is 11.2. The Morgan fingerprint density at radius 1 is 1.13 bits per heavy atom. The van der Waals surface area contributed by atoms with Crippen molar-refractivity contribution in [3.8, 4) is 17.2 Å². The van der Waals surface area contributed by atoms with Gasteiger partial charge in [0.25, 0.3) is 0 Å². The monoisotopic (exact) mass is 787 g/mol. The molecule has 52 heavy (non-hydrogen) atoms. The van der Waals surface area contributed by atoms with Crippen LogP contribution in [0.25, 0.3) is 0 Å². The number of phenolic OH excluding ortho intramolecular Hbond substituents is 2. The molecule has 0 amide bonds. The molecule has 4 aliphatic rings. The average Bonchev–Trinajstić information content (AvgIpc) is 3.11. The van der Waals surface area contributed by atoms with E-state index in [4.69, 9.17) is 47.7 Å². The number of hydrogen-bond donors (Lipinski definition) is 6. The summed E-state index contributed by atoms with van der Waals surface area (Å²) in [5, 5.41) is 47.0. The van der Waals surface area contributed by atoms with Gasteiger partial charge in [-0.05, 0) is 26.3 Å². The number of nitrogens with one attached hydrogen (secondary N) is 1. The molecular formula is C34H44Cl2N3O12P.